The number of Topliss-reactive ketones (excluding diaryl/α,β-unsaturated/α-hetero) is 1. The summed E-state index contributed by atoms with van der Waals surface area (Å²) in [4.78, 5) is 27.3. The standard InChI is InChI=1S/C22H18FN3O2/c23-12-15-3-1-4-17(11-15)26-18-5-2-6-19(27)20(18)21(25-22(26)28)16-9-7-14(13-24)8-10-16/h1,3-4,7-11,21H,2,5-6,12H2,(H,25,28). The van der Waals surface area contributed by atoms with Crippen molar-refractivity contribution in [3.05, 3.63) is 76.5 Å². The van der Waals surface area contributed by atoms with Gasteiger partial charge in [-0.05, 0) is 48.2 Å². The van der Waals surface area contributed by atoms with Crippen LogP contribution in [0.1, 0.15) is 42.0 Å². The molecule has 0 radical (unpaired) electrons. The number of anilines is 1. The zero-order chi connectivity index (χ0) is 19.7. The quantitative estimate of drug-likeness (QED) is 0.869. The highest BCUT2D eigenvalue weighted by Gasteiger charge is 2.39. The van der Waals surface area contributed by atoms with Gasteiger partial charge in [-0.25, -0.2) is 9.18 Å². The molecule has 28 heavy (non-hydrogen) atoms. The van der Waals surface area contributed by atoms with Gasteiger partial charge in [0.05, 0.1) is 23.4 Å². The van der Waals surface area contributed by atoms with Gasteiger partial charge in [0.25, 0.3) is 0 Å². The largest absolute Gasteiger partial charge is 0.327 e. The number of nitrogens with zero attached hydrogens (tertiary/aromatic N) is 2. The molecule has 1 aliphatic heterocycles. The second-order valence-electron chi connectivity index (χ2n) is 6.89. The lowest BCUT2D eigenvalue weighted by Gasteiger charge is -2.39. The van der Waals surface area contributed by atoms with Crippen molar-refractivity contribution in [2.24, 2.45) is 0 Å². The molecule has 1 unspecified atom stereocenters. The third kappa shape index (κ3) is 3.05. The molecule has 5 nitrogen and oxygen atoms in total. The summed E-state index contributed by atoms with van der Waals surface area (Å²) >= 11 is 0. The van der Waals surface area contributed by atoms with Crippen molar-refractivity contribution in [2.75, 3.05) is 4.90 Å². The summed E-state index contributed by atoms with van der Waals surface area (Å²) in [5.41, 5.74) is 3.54. The van der Waals surface area contributed by atoms with Crippen LogP contribution in [-0.2, 0) is 11.5 Å². The summed E-state index contributed by atoms with van der Waals surface area (Å²) in [6.45, 7) is -0.623. The fourth-order valence-electron chi connectivity index (χ4n) is 3.84. The van der Waals surface area contributed by atoms with Crippen LogP contribution in [0.25, 0.3) is 0 Å². The summed E-state index contributed by atoms with van der Waals surface area (Å²) in [6, 6.07) is 14.8. The van der Waals surface area contributed by atoms with Crippen LogP contribution < -0.4 is 10.2 Å². The van der Waals surface area contributed by atoms with Crippen molar-refractivity contribution in [3.8, 4) is 6.07 Å². The molecule has 1 aliphatic carbocycles. The summed E-state index contributed by atoms with van der Waals surface area (Å²) < 4.78 is 13.1. The first-order chi connectivity index (χ1) is 13.6. The molecule has 0 saturated carbocycles. The molecule has 1 N–H and O–H groups in total. The maximum Gasteiger partial charge on any atom is 0.327 e. The zero-order valence-corrected chi connectivity index (χ0v) is 15.1. The molecule has 6 heteroatoms. The Morgan fingerprint density at radius 1 is 1.14 bits per heavy atom. The predicted molar refractivity (Wildman–Crippen MR) is 102 cm³/mol. The van der Waals surface area contributed by atoms with Gasteiger partial charge in [0.1, 0.15) is 6.67 Å². The van der Waals surface area contributed by atoms with Crippen molar-refractivity contribution in [1.82, 2.24) is 5.32 Å². The van der Waals surface area contributed by atoms with E-state index in [1.54, 1.807) is 48.5 Å². The van der Waals surface area contributed by atoms with Crippen molar-refractivity contribution >= 4 is 17.5 Å². The van der Waals surface area contributed by atoms with E-state index >= 15 is 0 Å². The molecular weight excluding hydrogens is 357 g/mol. The number of nitrogens with one attached hydrogen (secondary N) is 1. The smallest absolute Gasteiger partial charge is 0.326 e. The normalized spacial score (nSPS) is 19.1. The molecule has 4 rings (SSSR count). The van der Waals surface area contributed by atoms with Gasteiger partial charge in [-0.2, -0.15) is 5.26 Å². The lowest BCUT2D eigenvalue weighted by molar-refractivity contribution is -0.116. The molecule has 0 aromatic heterocycles. The maximum absolute atomic E-state index is 13.1. The molecule has 0 bridgehead atoms. The fourth-order valence-corrected chi connectivity index (χ4v) is 3.84. The minimum absolute atomic E-state index is 0.00209. The van der Waals surface area contributed by atoms with Gasteiger partial charge in [-0.1, -0.05) is 24.3 Å². The third-order valence-corrected chi connectivity index (χ3v) is 5.15. The number of urea groups is 1. The number of nitriles is 1. The topological polar surface area (TPSA) is 73.2 Å². The van der Waals surface area contributed by atoms with Crippen LogP contribution in [0.4, 0.5) is 14.9 Å². The molecule has 0 saturated heterocycles. The van der Waals surface area contributed by atoms with E-state index < -0.39 is 12.7 Å². The number of hydrogen-bond acceptors (Lipinski definition) is 3. The predicted octanol–water partition coefficient (Wildman–Crippen LogP) is 4.31. The number of carbonyl (C=O) groups excluding carboxylic acids is 2. The van der Waals surface area contributed by atoms with Gasteiger partial charge < -0.3 is 5.32 Å². The van der Waals surface area contributed by atoms with Crippen LogP contribution in [0.5, 0.6) is 0 Å². The number of halogens is 1. The van der Waals surface area contributed by atoms with Crippen LogP contribution in [0.15, 0.2) is 59.8 Å². The van der Waals surface area contributed by atoms with Crippen molar-refractivity contribution in [1.29, 1.82) is 5.26 Å². The molecule has 140 valence electrons. The molecule has 1 heterocycles. The van der Waals surface area contributed by atoms with Gasteiger partial charge in [-0.15, -0.1) is 0 Å². The number of ketones is 1. The van der Waals surface area contributed by atoms with Crippen molar-refractivity contribution < 1.29 is 14.0 Å². The van der Waals surface area contributed by atoms with E-state index in [2.05, 4.69) is 11.4 Å². The van der Waals surface area contributed by atoms with Crippen molar-refractivity contribution in [2.45, 2.75) is 32.0 Å². The molecule has 1 atom stereocenters. The second-order valence-corrected chi connectivity index (χ2v) is 6.89. The molecule has 2 aromatic carbocycles. The van der Waals surface area contributed by atoms with Crippen LogP contribution >= 0.6 is 0 Å². The lowest BCUT2D eigenvalue weighted by Crippen LogP contribution is -2.49. The first-order valence-corrected chi connectivity index (χ1v) is 9.14. The van der Waals surface area contributed by atoms with Crippen molar-refractivity contribution in [3.63, 3.8) is 0 Å². The van der Waals surface area contributed by atoms with Crippen LogP contribution in [0.2, 0.25) is 0 Å². The lowest BCUT2D eigenvalue weighted by atomic mass is 9.84. The van der Waals surface area contributed by atoms with Gasteiger partial charge in [-0.3, -0.25) is 9.69 Å². The number of amides is 2. The molecule has 0 spiro atoms. The van der Waals surface area contributed by atoms with Crippen LogP contribution in [-0.4, -0.2) is 11.8 Å². The Balaban J connectivity index is 1.83. The fraction of sp³-hybridized carbons (Fsp3) is 0.227. The Bertz CT molecular complexity index is 1020. The van der Waals surface area contributed by atoms with Crippen LogP contribution in [0, 0.1) is 11.3 Å². The minimum Gasteiger partial charge on any atom is -0.326 e. The summed E-state index contributed by atoms with van der Waals surface area (Å²) in [6.07, 6.45) is 1.70. The molecule has 2 aliphatic rings. The van der Waals surface area contributed by atoms with E-state index in [1.165, 1.54) is 4.90 Å². The Kier molecular flexibility index (Phi) is 4.66. The average Bonchev–Trinajstić information content (AvgIpc) is 2.73. The highest BCUT2D eigenvalue weighted by molar-refractivity contribution is 6.06. The first-order valence-electron chi connectivity index (χ1n) is 9.14. The van der Waals surface area contributed by atoms with Gasteiger partial charge in [0.2, 0.25) is 0 Å². The Morgan fingerprint density at radius 2 is 1.93 bits per heavy atom. The highest BCUT2D eigenvalue weighted by atomic mass is 19.1. The Morgan fingerprint density at radius 3 is 2.64 bits per heavy atom. The van der Waals surface area contributed by atoms with Gasteiger partial charge >= 0.3 is 6.03 Å². The van der Waals surface area contributed by atoms with E-state index in [-0.39, 0.29) is 11.8 Å². The van der Waals surface area contributed by atoms with E-state index in [9.17, 15) is 14.0 Å². The first kappa shape index (κ1) is 17.9. The van der Waals surface area contributed by atoms with E-state index in [0.29, 0.717) is 47.3 Å². The highest BCUT2D eigenvalue weighted by Crippen LogP contribution is 2.39. The van der Waals surface area contributed by atoms with Gasteiger partial charge in [0, 0.05) is 17.7 Å². The van der Waals surface area contributed by atoms with E-state index in [4.69, 9.17) is 5.26 Å². The Hall–Kier alpha value is -3.46. The zero-order valence-electron chi connectivity index (χ0n) is 15.1. The Labute approximate surface area is 162 Å². The number of alkyl halides is 1. The van der Waals surface area contributed by atoms with Gasteiger partial charge in [0.15, 0.2) is 5.78 Å². The second kappa shape index (κ2) is 7.28. The van der Waals surface area contributed by atoms with E-state index in [0.717, 1.165) is 5.56 Å². The number of hydrogen-bond donors (Lipinski definition) is 1. The number of carbonyl (C=O) groups is 2. The molecule has 2 amide bonds. The molecular formula is C22H18FN3O2. The van der Waals surface area contributed by atoms with Crippen LogP contribution in [0.3, 0.4) is 0 Å². The SMILES string of the molecule is N#Cc1ccc(C2NC(=O)N(c3cccc(CF)c3)C3=C2C(=O)CCC3)cc1. The number of rotatable bonds is 3. The third-order valence-electron chi connectivity index (χ3n) is 5.15. The summed E-state index contributed by atoms with van der Waals surface area (Å²) in [7, 11) is 0. The molecule has 2 aromatic rings. The molecule has 0 fully saturated rings. The summed E-state index contributed by atoms with van der Waals surface area (Å²) in [5, 5.41) is 11.9. The summed E-state index contributed by atoms with van der Waals surface area (Å²) in [5.74, 6) is 0.00209. The maximum atomic E-state index is 13.1. The monoisotopic (exact) mass is 375 g/mol. The number of benzene rings is 2. The van der Waals surface area contributed by atoms with E-state index in [1.807, 2.05) is 0 Å². The minimum atomic E-state index is -0.623. The average molecular weight is 375 g/mol. The number of allylic oxidation sites excluding steroid dienone is 1.